The highest BCUT2D eigenvalue weighted by molar-refractivity contribution is 5.88. The predicted molar refractivity (Wildman–Crippen MR) is 179 cm³/mol. The molecule has 4 unspecified atom stereocenters. The minimum absolute atomic E-state index is 0.0494. The Bertz CT molecular complexity index is 1210. The van der Waals surface area contributed by atoms with Crippen molar-refractivity contribution in [3.63, 3.8) is 0 Å². The van der Waals surface area contributed by atoms with Crippen LogP contribution in [-0.2, 0) is 61.9 Å². The maximum atomic E-state index is 12.4. The van der Waals surface area contributed by atoms with E-state index >= 15 is 0 Å². The third kappa shape index (κ3) is 20.3. The summed E-state index contributed by atoms with van der Waals surface area (Å²) in [6.45, 7) is 13.6. The van der Waals surface area contributed by atoms with E-state index in [4.69, 9.17) is 37.9 Å². The summed E-state index contributed by atoms with van der Waals surface area (Å²) in [5.74, 6) is -3.20. The van der Waals surface area contributed by atoms with Gasteiger partial charge in [0.1, 0.15) is 75.3 Å². The molecular formula is C34H52O18. The summed E-state index contributed by atoms with van der Waals surface area (Å²) in [5, 5.41) is 52.0. The number of hydrogen-bond acceptors (Lipinski definition) is 18. The highest BCUT2D eigenvalue weighted by Gasteiger charge is 2.39. The van der Waals surface area contributed by atoms with Crippen LogP contribution in [0.3, 0.4) is 0 Å². The van der Waals surface area contributed by atoms with Gasteiger partial charge in [-0.15, -0.1) is 0 Å². The topological polar surface area (TPSA) is 260 Å². The van der Waals surface area contributed by atoms with Crippen molar-refractivity contribution >= 4 is 30.2 Å². The molecule has 18 nitrogen and oxygen atoms in total. The van der Waals surface area contributed by atoms with Gasteiger partial charge in [0.15, 0.2) is 6.29 Å². The van der Waals surface area contributed by atoms with E-state index in [2.05, 4.69) is 26.3 Å². The first-order valence-electron chi connectivity index (χ1n) is 15.9. The molecule has 52 heavy (non-hydrogen) atoms. The molecule has 0 radical (unpaired) electrons. The van der Waals surface area contributed by atoms with Crippen molar-refractivity contribution in [2.45, 2.75) is 76.5 Å². The fraction of sp³-hybridized carbons (Fsp3) is 0.618. The Morgan fingerprint density at radius 2 is 0.788 bits per heavy atom. The molecule has 5 N–H and O–H groups in total. The molecule has 0 aromatic rings. The summed E-state index contributed by atoms with van der Waals surface area (Å²) in [6, 6.07) is 0. The number of aldehydes is 1. The number of carbonyl (C=O) groups excluding carboxylic acids is 5. The van der Waals surface area contributed by atoms with Crippen molar-refractivity contribution in [2.24, 2.45) is 0 Å². The van der Waals surface area contributed by atoms with Crippen molar-refractivity contribution < 1.29 is 87.4 Å². The van der Waals surface area contributed by atoms with E-state index in [0.717, 1.165) is 0 Å². The monoisotopic (exact) mass is 748 g/mol. The molecule has 0 aliphatic heterocycles. The molecule has 0 aliphatic rings. The minimum Gasteiger partial charge on any atom is -0.460 e. The van der Waals surface area contributed by atoms with E-state index in [9.17, 15) is 49.5 Å². The Labute approximate surface area is 302 Å². The molecule has 0 heterocycles. The molecule has 0 saturated carbocycles. The van der Waals surface area contributed by atoms with Crippen molar-refractivity contribution in [3.05, 3.63) is 48.6 Å². The largest absolute Gasteiger partial charge is 0.460 e. The van der Waals surface area contributed by atoms with Crippen LogP contribution in [0.15, 0.2) is 48.6 Å². The molecule has 296 valence electrons. The Morgan fingerprint density at radius 1 is 0.500 bits per heavy atom. The van der Waals surface area contributed by atoms with Crippen LogP contribution >= 0.6 is 0 Å². The van der Waals surface area contributed by atoms with Gasteiger partial charge in [-0.1, -0.05) is 26.3 Å². The zero-order valence-corrected chi connectivity index (χ0v) is 29.9. The smallest absolute Gasteiger partial charge is 0.333 e. The molecular weight excluding hydrogens is 696 g/mol. The van der Waals surface area contributed by atoms with E-state index in [1.165, 1.54) is 27.7 Å². The fourth-order valence-electron chi connectivity index (χ4n) is 3.53. The van der Waals surface area contributed by atoms with Gasteiger partial charge in [-0.3, -0.25) is 0 Å². The van der Waals surface area contributed by atoms with Crippen LogP contribution in [0.2, 0.25) is 0 Å². The average molecular weight is 749 g/mol. The quantitative estimate of drug-likeness (QED) is 0.0256. The summed E-state index contributed by atoms with van der Waals surface area (Å²) in [7, 11) is 0. The first kappa shape index (κ1) is 48.1. The lowest BCUT2D eigenvalue weighted by molar-refractivity contribution is -0.205. The Morgan fingerprint density at radius 3 is 1.08 bits per heavy atom. The third-order valence-corrected chi connectivity index (χ3v) is 6.30. The summed E-state index contributed by atoms with van der Waals surface area (Å²) >= 11 is 0. The first-order chi connectivity index (χ1) is 24.3. The third-order valence-electron chi connectivity index (χ3n) is 6.30. The van der Waals surface area contributed by atoms with Crippen molar-refractivity contribution in [1.29, 1.82) is 0 Å². The fourth-order valence-corrected chi connectivity index (χ4v) is 3.53. The van der Waals surface area contributed by atoms with Crippen LogP contribution < -0.4 is 0 Å². The summed E-state index contributed by atoms with van der Waals surface area (Å²) in [5.41, 5.74) is 0.229. The van der Waals surface area contributed by atoms with Crippen LogP contribution in [0.5, 0.6) is 0 Å². The van der Waals surface area contributed by atoms with Crippen LogP contribution in [-0.4, -0.2) is 164 Å². The van der Waals surface area contributed by atoms with Gasteiger partial charge in [-0.2, -0.15) is 0 Å². The van der Waals surface area contributed by atoms with Gasteiger partial charge >= 0.3 is 23.9 Å². The molecule has 0 aromatic heterocycles. The number of ether oxygens (including phenoxy) is 8. The van der Waals surface area contributed by atoms with E-state index < -0.39 is 132 Å². The lowest BCUT2D eigenvalue weighted by Crippen LogP contribution is -2.53. The highest BCUT2D eigenvalue weighted by Crippen LogP contribution is 2.20. The molecule has 0 amide bonds. The maximum Gasteiger partial charge on any atom is 0.333 e. The SMILES string of the molecule is C=C(C)C(=O)OCC(O)CO[C@@H]([C@H](OCC(O)COC(=O)C(=C)C)[C@@H](CO)OCC(O)COC(=O)C(=C)C)[C@H](C=O)OCC(O)COC(=O)C(=C)C. The number of rotatable bonds is 29. The second kappa shape index (κ2) is 26.0. The van der Waals surface area contributed by atoms with E-state index in [-0.39, 0.29) is 28.6 Å². The number of aliphatic hydroxyl groups is 5. The Kier molecular flexibility index (Phi) is 24.1. The second-order valence-electron chi connectivity index (χ2n) is 11.7. The zero-order valence-electron chi connectivity index (χ0n) is 29.9. The van der Waals surface area contributed by atoms with Crippen LogP contribution in [0, 0.1) is 0 Å². The number of carbonyl (C=O) groups is 5. The normalized spacial score (nSPS) is 15.7. The first-order valence-corrected chi connectivity index (χ1v) is 15.9. The zero-order chi connectivity index (χ0) is 40.0. The molecule has 0 saturated heterocycles. The second-order valence-corrected chi connectivity index (χ2v) is 11.7. The van der Waals surface area contributed by atoms with Crippen molar-refractivity contribution in [3.8, 4) is 0 Å². The highest BCUT2D eigenvalue weighted by atomic mass is 16.6. The van der Waals surface area contributed by atoms with Crippen LogP contribution in [0.1, 0.15) is 27.7 Å². The van der Waals surface area contributed by atoms with Gasteiger partial charge < -0.3 is 68.2 Å². The van der Waals surface area contributed by atoms with E-state index in [1.807, 2.05) is 0 Å². The molecule has 18 heteroatoms. The molecule has 0 aromatic carbocycles. The van der Waals surface area contributed by atoms with Crippen molar-refractivity contribution in [2.75, 3.05) is 59.5 Å². The number of hydrogen-bond donors (Lipinski definition) is 5. The molecule has 0 bridgehead atoms. The standard InChI is InChI=1S/C34H52O18/c1-19(2)31(41)49-15-23(37)11-45-27(9-35)29(47-13-25(39)17-51-33(43)21(5)6)30(48-14-26(40)18-52-34(44)22(7)8)28(10-36)46-12-24(38)16-50-32(42)20(3)4/h9,23-30,36-40H,1,3,5,7,10-18H2,2,4,6,8H3/t23?,24?,25?,26?,27-,28+,29+,30+/m0/s1. The number of esters is 4. The van der Waals surface area contributed by atoms with Gasteiger partial charge in [-0.05, 0) is 27.7 Å². The molecule has 0 fully saturated rings. The van der Waals surface area contributed by atoms with Crippen LogP contribution in [0.25, 0.3) is 0 Å². The summed E-state index contributed by atoms with van der Waals surface area (Å²) in [4.78, 5) is 59.5. The van der Waals surface area contributed by atoms with Crippen molar-refractivity contribution in [1.82, 2.24) is 0 Å². The lowest BCUT2D eigenvalue weighted by atomic mass is 10.0. The lowest BCUT2D eigenvalue weighted by Gasteiger charge is -2.36. The minimum atomic E-state index is -1.70. The number of aliphatic hydroxyl groups excluding tert-OH is 5. The van der Waals surface area contributed by atoms with Gasteiger partial charge in [0.25, 0.3) is 0 Å². The van der Waals surface area contributed by atoms with Gasteiger partial charge in [-0.25, -0.2) is 19.2 Å². The average Bonchev–Trinajstić information content (AvgIpc) is 3.09. The Hall–Kier alpha value is -3.85. The van der Waals surface area contributed by atoms with E-state index in [0.29, 0.717) is 0 Å². The molecule has 8 atom stereocenters. The molecule has 0 spiro atoms. The molecule has 0 rings (SSSR count). The predicted octanol–water partition coefficient (Wildman–Crippen LogP) is -1.36. The van der Waals surface area contributed by atoms with Gasteiger partial charge in [0.2, 0.25) is 0 Å². The van der Waals surface area contributed by atoms with E-state index in [1.54, 1.807) is 0 Å². The van der Waals surface area contributed by atoms with Crippen LogP contribution in [0.4, 0.5) is 0 Å². The maximum absolute atomic E-state index is 12.4. The summed E-state index contributed by atoms with van der Waals surface area (Å²) in [6.07, 6.45) is -12.1. The Balaban J connectivity index is 6.38. The summed E-state index contributed by atoms with van der Waals surface area (Å²) < 4.78 is 42.4. The van der Waals surface area contributed by atoms with Gasteiger partial charge in [0.05, 0.1) is 33.0 Å². The van der Waals surface area contributed by atoms with Gasteiger partial charge in [0, 0.05) is 22.3 Å². The molecule has 0 aliphatic carbocycles.